The Morgan fingerprint density at radius 2 is 1.62 bits per heavy atom. The van der Waals surface area contributed by atoms with Crippen molar-refractivity contribution in [2.75, 3.05) is 5.32 Å². The topological polar surface area (TPSA) is 50.7 Å². The summed E-state index contributed by atoms with van der Waals surface area (Å²) in [5.41, 5.74) is 0.728. The molecule has 0 aliphatic carbocycles. The lowest BCUT2D eigenvalue weighted by Gasteiger charge is -2.13. The van der Waals surface area contributed by atoms with E-state index in [4.69, 9.17) is 0 Å². The first-order valence-electron chi connectivity index (χ1n) is 7.17. The molecule has 2 heterocycles. The number of hydrogen-bond donors (Lipinski definition) is 1. The first-order valence-corrected chi connectivity index (χ1v) is 7.17. The van der Waals surface area contributed by atoms with Crippen LogP contribution in [0.25, 0.3) is 11.4 Å². The summed E-state index contributed by atoms with van der Waals surface area (Å²) in [5.74, 6) is 0.245. The molecular formula is C17H13F3N4. The van der Waals surface area contributed by atoms with E-state index < -0.39 is 11.7 Å². The molecule has 122 valence electrons. The van der Waals surface area contributed by atoms with Gasteiger partial charge in [-0.1, -0.05) is 24.3 Å². The van der Waals surface area contributed by atoms with E-state index in [9.17, 15) is 13.2 Å². The van der Waals surface area contributed by atoms with Crippen molar-refractivity contribution >= 4 is 5.95 Å². The zero-order valence-corrected chi connectivity index (χ0v) is 12.5. The zero-order chi connectivity index (χ0) is 17.0. The van der Waals surface area contributed by atoms with Crippen molar-refractivity contribution in [3.05, 3.63) is 72.1 Å². The maximum atomic E-state index is 13.0. The quantitative estimate of drug-likeness (QED) is 0.780. The summed E-state index contributed by atoms with van der Waals surface area (Å²) in [6, 6.07) is 12.5. The number of anilines is 1. The summed E-state index contributed by atoms with van der Waals surface area (Å²) in [5, 5.41) is 2.83. The summed E-state index contributed by atoms with van der Waals surface area (Å²) in [6.07, 6.45) is -1.21. The van der Waals surface area contributed by atoms with E-state index in [2.05, 4.69) is 20.3 Å². The second-order valence-electron chi connectivity index (χ2n) is 4.99. The van der Waals surface area contributed by atoms with Gasteiger partial charge in [0.1, 0.15) is 0 Å². The molecule has 0 bridgehead atoms. The molecule has 1 N–H and O–H groups in total. The van der Waals surface area contributed by atoms with Gasteiger partial charge in [-0.2, -0.15) is 13.2 Å². The minimum absolute atomic E-state index is 0.0264. The monoisotopic (exact) mass is 330 g/mol. The van der Waals surface area contributed by atoms with Crippen molar-refractivity contribution in [2.45, 2.75) is 12.7 Å². The van der Waals surface area contributed by atoms with Crippen LogP contribution in [0.4, 0.5) is 19.1 Å². The molecule has 7 heteroatoms. The number of nitrogens with zero attached hydrogens (tertiary/aromatic N) is 3. The largest absolute Gasteiger partial charge is 0.416 e. The van der Waals surface area contributed by atoms with E-state index in [0.29, 0.717) is 11.4 Å². The van der Waals surface area contributed by atoms with Gasteiger partial charge >= 0.3 is 6.18 Å². The minimum Gasteiger partial charge on any atom is -0.350 e. The Morgan fingerprint density at radius 1 is 0.833 bits per heavy atom. The van der Waals surface area contributed by atoms with Crippen molar-refractivity contribution in [3.8, 4) is 11.4 Å². The van der Waals surface area contributed by atoms with E-state index in [0.717, 1.165) is 6.07 Å². The molecular weight excluding hydrogens is 317 g/mol. The van der Waals surface area contributed by atoms with Crippen LogP contribution in [0.3, 0.4) is 0 Å². The summed E-state index contributed by atoms with van der Waals surface area (Å²) >= 11 is 0. The molecule has 0 aliphatic heterocycles. The van der Waals surface area contributed by atoms with Crippen LogP contribution in [-0.2, 0) is 12.7 Å². The molecule has 3 rings (SSSR count). The molecule has 0 saturated heterocycles. The van der Waals surface area contributed by atoms with Crippen LogP contribution in [0.1, 0.15) is 11.1 Å². The van der Waals surface area contributed by atoms with E-state index in [1.54, 1.807) is 30.5 Å². The smallest absolute Gasteiger partial charge is 0.350 e. The highest BCUT2D eigenvalue weighted by Crippen LogP contribution is 2.32. The van der Waals surface area contributed by atoms with Gasteiger partial charge in [0.2, 0.25) is 5.95 Å². The Labute approximate surface area is 136 Å². The molecule has 2 aromatic heterocycles. The van der Waals surface area contributed by atoms with Gasteiger partial charge in [0, 0.05) is 18.9 Å². The molecule has 0 spiro atoms. The molecule has 0 amide bonds. The van der Waals surface area contributed by atoms with Crippen LogP contribution in [0, 0.1) is 0 Å². The normalized spacial score (nSPS) is 11.3. The number of benzene rings is 1. The molecule has 0 aliphatic rings. The zero-order valence-electron chi connectivity index (χ0n) is 12.5. The molecule has 1 aromatic carbocycles. The number of aromatic nitrogens is 3. The van der Waals surface area contributed by atoms with Gasteiger partial charge in [-0.25, -0.2) is 9.97 Å². The van der Waals surface area contributed by atoms with Crippen LogP contribution in [-0.4, -0.2) is 15.0 Å². The fourth-order valence-electron chi connectivity index (χ4n) is 2.23. The van der Waals surface area contributed by atoms with Crippen LogP contribution in [0.5, 0.6) is 0 Å². The predicted molar refractivity (Wildman–Crippen MR) is 84.0 cm³/mol. The first-order chi connectivity index (χ1) is 11.5. The van der Waals surface area contributed by atoms with Crippen LogP contribution in [0.2, 0.25) is 0 Å². The van der Waals surface area contributed by atoms with E-state index in [1.807, 2.05) is 6.07 Å². The van der Waals surface area contributed by atoms with Gasteiger partial charge < -0.3 is 5.32 Å². The van der Waals surface area contributed by atoms with Crippen molar-refractivity contribution in [1.29, 1.82) is 0 Å². The summed E-state index contributed by atoms with van der Waals surface area (Å²) < 4.78 is 39.0. The molecule has 0 atom stereocenters. The van der Waals surface area contributed by atoms with Gasteiger partial charge in [-0.3, -0.25) is 4.98 Å². The Bertz CT molecular complexity index is 819. The maximum Gasteiger partial charge on any atom is 0.416 e. The summed E-state index contributed by atoms with van der Waals surface area (Å²) in [6.45, 7) is -0.0264. The average molecular weight is 330 g/mol. The second kappa shape index (κ2) is 6.66. The number of halogens is 3. The number of hydrogen-bond acceptors (Lipinski definition) is 4. The Kier molecular flexibility index (Phi) is 4.41. The highest BCUT2D eigenvalue weighted by molar-refractivity contribution is 5.54. The molecule has 0 unspecified atom stereocenters. The Balaban J connectivity index is 1.79. The van der Waals surface area contributed by atoms with Gasteiger partial charge in [0.25, 0.3) is 0 Å². The highest BCUT2D eigenvalue weighted by Gasteiger charge is 2.32. The second-order valence-corrected chi connectivity index (χ2v) is 4.99. The van der Waals surface area contributed by atoms with E-state index in [1.165, 1.54) is 18.3 Å². The van der Waals surface area contributed by atoms with Crippen LogP contribution < -0.4 is 5.32 Å². The first kappa shape index (κ1) is 15.9. The average Bonchev–Trinajstić information content (AvgIpc) is 2.60. The third-order valence-corrected chi connectivity index (χ3v) is 3.34. The van der Waals surface area contributed by atoms with Crippen molar-refractivity contribution < 1.29 is 13.2 Å². The molecule has 24 heavy (non-hydrogen) atoms. The number of rotatable bonds is 4. The maximum absolute atomic E-state index is 13.0. The highest BCUT2D eigenvalue weighted by atomic mass is 19.4. The minimum atomic E-state index is -4.39. The van der Waals surface area contributed by atoms with Gasteiger partial charge in [0.15, 0.2) is 0 Å². The number of pyridine rings is 1. The molecule has 4 nitrogen and oxygen atoms in total. The fourth-order valence-corrected chi connectivity index (χ4v) is 2.23. The lowest BCUT2D eigenvalue weighted by Crippen LogP contribution is -2.12. The third kappa shape index (κ3) is 3.68. The SMILES string of the molecule is FC(F)(F)c1ccccc1CNc1nccc(-c2ccccn2)n1. The Morgan fingerprint density at radius 3 is 2.38 bits per heavy atom. The van der Waals surface area contributed by atoms with E-state index in [-0.39, 0.29) is 18.1 Å². The summed E-state index contributed by atoms with van der Waals surface area (Å²) in [4.78, 5) is 12.5. The number of nitrogens with one attached hydrogen (secondary N) is 1. The van der Waals surface area contributed by atoms with Crippen molar-refractivity contribution in [2.24, 2.45) is 0 Å². The van der Waals surface area contributed by atoms with E-state index >= 15 is 0 Å². The molecule has 3 aromatic rings. The molecule has 0 fully saturated rings. The van der Waals surface area contributed by atoms with Crippen molar-refractivity contribution in [1.82, 2.24) is 15.0 Å². The summed E-state index contributed by atoms with van der Waals surface area (Å²) in [7, 11) is 0. The lowest BCUT2D eigenvalue weighted by atomic mass is 10.1. The lowest BCUT2D eigenvalue weighted by molar-refractivity contribution is -0.138. The van der Waals surface area contributed by atoms with Gasteiger partial charge in [0.05, 0.1) is 17.0 Å². The standard InChI is InChI=1S/C17H13F3N4/c18-17(19,20)13-6-2-1-5-12(13)11-23-16-22-10-8-15(24-16)14-7-3-4-9-21-14/h1-10H,11H2,(H,22,23,24). The van der Waals surface area contributed by atoms with Crippen molar-refractivity contribution in [3.63, 3.8) is 0 Å². The molecule has 0 saturated carbocycles. The van der Waals surface area contributed by atoms with Crippen LogP contribution in [0.15, 0.2) is 60.9 Å². The Hall–Kier alpha value is -2.96. The predicted octanol–water partition coefficient (Wildman–Crippen LogP) is 4.17. The molecule has 0 radical (unpaired) electrons. The van der Waals surface area contributed by atoms with Crippen LogP contribution >= 0.6 is 0 Å². The fraction of sp³-hybridized carbons (Fsp3) is 0.118. The number of alkyl halides is 3. The van der Waals surface area contributed by atoms with Gasteiger partial charge in [-0.15, -0.1) is 0 Å². The third-order valence-electron chi connectivity index (χ3n) is 3.34. The van der Waals surface area contributed by atoms with Gasteiger partial charge in [-0.05, 0) is 29.8 Å².